The molecular formula is C12H13F2NO5. The van der Waals surface area contributed by atoms with E-state index >= 15 is 0 Å². The zero-order valence-electron chi connectivity index (χ0n) is 10.4. The maximum atomic E-state index is 12.0. The van der Waals surface area contributed by atoms with Gasteiger partial charge in [0.2, 0.25) is 0 Å². The lowest BCUT2D eigenvalue weighted by Gasteiger charge is -2.17. The lowest BCUT2D eigenvalue weighted by Crippen LogP contribution is -2.47. The third-order valence-corrected chi connectivity index (χ3v) is 2.36. The van der Waals surface area contributed by atoms with E-state index in [-0.39, 0.29) is 11.3 Å². The number of carboxylic acid groups (broad SMARTS) is 1. The molecule has 0 saturated heterocycles. The molecule has 0 aliphatic rings. The summed E-state index contributed by atoms with van der Waals surface area (Å²) in [4.78, 5) is 22.6. The number of aliphatic hydroxyl groups is 1. The lowest BCUT2D eigenvalue weighted by molar-refractivity contribution is -0.141. The summed E-state index contributed by atoms with van der Waals surface area (Å²) < 4.78 is 28.2. The van der Waals surface area contributed by atoms with E-state index in [9.17, 15) is 23.5 Å². The van der Waals surface area contributed by atoms with E-state index in [1.165, 1.54) is 25.1 Å². The molecule has 1 amide bonds. The molecule has 3 N–H and O–H groups in total. The average Bonchev–Trinajstić information content (AvgIpc) is 2.34. The van der Waals surface area contributed by atoms with Gasteiger partial charge in [0.05, 0.1) is 6.10 Å². The number of aliphatic carboxylic acids is 1. The summed E-state index contributed by atoms with van der Waals surface area (Å²) in [6.07, 6.45) is -1.31. The van der Waals surface area contributed by atoms with Crippen LogP contribution in [-0.2, 0) is 4.79 Å². The van der Waals surface area contributed by atoms with Gasteiger partial charge in [-0.15, -0.1) is 0 Å². The van der Waals surface area contributed by atoms with Crippen molar-refractivity contribution < 1.29 is 33.3 Å². The van der Waals surface area contributed by atoms with Crippen LogP contribution in [0, 0.1) is 0 Å². The van der Waals surface area contributed by atoms with Crippen molar-refractivity contribution >= 4 is 11.9 Å². The summed E-state index contributed by atoms with van der Waals surface area (Å²) in [7, 11) is 0. The van der Waals surface area contributed by atoms with Crippen LogP contribution >= 0.6 is 0 Å². The van der Waals surface area contributed by atoms with Gasteiger partial charge in [-0.05, 0) is 25.1 Å². The molecule has 2 unspecified atom stereocenters. The highest BCUT2D eigenvalue weighted by molar-refractivity contribution is 5.97. The molecule has 0 bridgehead atoms. The Balaban J connectivity index is 2.84. The van der Waals surface area contributed by atoms with Crippen LogP contribution in [0.2, 0.25) is 0 Å². The Bertz CT molecular complexity index is 492. The van der Waals surface area contributed by atoms with E-state index in [0.717, 1.165) is 6.07 Å². The van der Waals surface area contributed by atoms with Gasteiger partial charge in [-0.1, -0.05) is 6.07 Å². The molecule has 6 nitrogen and oxygen atoms in total. The number of benzene rings is 1. The van der Waals surface area contributed by atoms with Gasteiger partial charge in [-0.3, -0.25) is 4.79 Å². The molecule has 0 aliphatic carbocycles. The highest BCUT2D eigenvalue weighted by Crippen LogP contribution is 2.16. The van der Waals surface area contributed by atoms with Crippen LogP contribution in [0.1, 0.15) is 17.3 Å². The highest BCUT2D eigenvalue weighted by atomic mass is 19.3. The number of nitrogens with one attached hydrogen (secondary N) is 1. The molecular weight excluding hydrogens is 276 g/mol. The summed E-state index contributed by atoms with van der Waals surface area (Å²) >= 11 is 0. The van der Waals surface area contributed by atoms with Crippen LogP contribution in [0.4, 0.5) is 8.78 Å². The fraction of sp³-hybridized carbons (Fsp3) is 0.333. The van der Waals surface area contributed by atoms with Gasteiger partial charge in [0.25, 0.3) is 5.91 Å². The number of alkyl halides is 2. The van der Waals surface area contributed by atoms with Crippen LogP contribution in [0.15, 0.2) is 24.3 Å². The number of aliphatic hydroxyl groups excluding tert-OH is 1. The first-order valence-electron chi connectivity index (χ1n) is 5.58. The fourth-order valence-corrected chi connectivity index (χ4v) is 1.43. The molecule has 0 spiro atoms. The topological polar surface area (TPSA) is 95.9 Å². The van der Waals surface area contributed by atoms with Gasteiger partial charge >= 0.3 is 12.6 Å². The third kappa shape index (κ3) is 4.47. The van der Waals surface area contributed by atoms with Crippen molar-refractivity contribution in [2.45, 2.75) is 25.7 Å². The van der Waals surface area contributed by atoms with Crippen molar-refractivity contribution in [2.75, 3.05) is 0 Å². The van der Waals surface area contributed by atoms with Crippen LogP contribution < -0.4 is 10.1 Å². The molecule has 0 aliphatic heterocycles. The van der Waals surface area contributed by atoms with Gasteiger partial charge in [-0.25, -0.2) is 4.79 Å². The van der Waals surface area contributed by atoms with E-state index < -0.39 is 30.6 Å². The number of hydrogen-bond acceptors (Lipinski definition) is 4. The molecule has 0 heterocycles. The van der Waals surface area contributed by atoms with Gasteiger partial charge in [0, 0.05) is 5.56 Å². The lowest BCUT2D eigenvalue weighted by atomic mass is 10.1. The summed E-state index contributed by atoms with van der Waals surface area (Å²) in [6.45, 7) is -1.83. The van der Waals surface area contributed by atoms with E-state index in [2.05, 4.69) is 10.1 Å². The van der Waals surface area contributed by atoms with Crippen LogP contribution in [0.25, 0.3) is 0 Å². The Morgan fingerprint density at radius 1 is 1.35 bits per heavy atom. The van der Waals surface area contributed by atoms with Crippen molar-refractivity contribution in [2.24, 2.45) is 0 Å². The van der Waals surface area contributed by atoms with E-state index in [1.54, 1.807) is 0 Å². The first-order chi connectivity index (χ1) is 9.31. The summed E-state index contributed by atoms with van der Waals surface area (Å²) in [5.41, 5.74) is -0.0601. The Morgan fingerprint density at radius 3 is 2.50 bits per heavy atom. The van der Waals surface area contributed by atoms with Crippen molar-refractivity contribution in [3.63, 3.8) is 0 Å². The third-order valence-electron chi connectivity index (χ3n) is 2.36. The van der Waals surface area contributed by atoms with Gasteiger partial charge in [0.1, 0.15) is 5.75 Å². The van der Waals surface area contributed by atoms with Gasteiger partial charge < -0.3 is 20.3 Å². The van der Waals surface area contributed by atoms with Crippen molar-refractivity contribution in [1.82, 2.24) is 5.32 Å². The smallest absolute Gasteiger partial charge is 0.387 e. The molecule has 1 aromatic rings. The van der Waals surface area contributed by atoms with Crippen LogP contribution in [0.5, 0.6) is 5.75 Å². The van der Waals surface area contributed by atoms with Crippen LogP contribution in [-0.4, -0.2) is 40.8 Å². The first-order valence-corrected chi connectivity index (χ1v) is 5.58. The Hall–Kier alpha value is -2.22. The number of amides is 1. The predicted molar refractivity (Wildman–Crippen MR) is 63.6 cm³/mol. The fourth-order valence-electron chi connectivity index (χ4n) is 1.43. The average molecular weight is 289 g/mol. The quantitative estimate of drug-likeness (QED) is 0.721. The van der Waals surface area contributed by atoms with E-state index in [0.29, 0.717) is 0 Å². The predicted octanol–water partition coefficient (Wildman–Crippen LogP) is 0.852. The first kappa shape index (κ1) is 15.8. The van der Waals surface area contributed by atoms with Crippen molar-refractivity contribution in [3.05, 3.63) is 29.8 Å². The van der Waals surface area contributed by atoms with E-state index in [1.807, 2.05) is 0 Å². The number of halogens is 2. The number of rotatable bonds is 6. The molecule has 2 atom stereocenters. The summed E-state index contributed by atoms with van der Waals surface area (Å²) in [5.74, 6) is -2.46. The molecule has 1 rings (SSSR count). The molecule has 20 heavy (non-hydrogen) atoms. The highest BCUT2D eigenvalue weighted by Gasteiger charge is 2.25. The molecule has 8 heteroatoms. The SMILES string of the molecule is CC(O)C(NC(=O)c1cccc(OC(F)F)c1)C(=O)O. The second-order valence-electron chi connectivity index (χ2n) is 3.94. The second-order valence-corrected chi connectivity index (χ2v) is 3.94. The zero-order valence-corrected chi connectivity index (χ0v) is 10.4. The number of hydrogen-bond donors (Lipinski definition) is 3. The normalized spacial score (nSPS) is 13.7. The number of ether oxygens (including phenoxy) is 1. The number of carbonyl (C=O) groups is 2. The molecule has 0 aromatic heterocycles. The molecule has 1 aromatic carbocycles. The maximum Gasteiger partial charge on any atom is 0.387 e. The molecule has 0 fully saturated rings. The maximum absolute atomic E-state index is 12.0. The summed E-state index contributed by atoms with van der Waals surface area (Å²) in [6, 6.07) is 3.39. The minimum Gasteiger partial charge on any atom is -0.480 e. The Labute approximate surface area is 113 Å². The second kappa shape index (κ2) is 6.80. The monoisotopic (exact) mass is 289 g/mol. The largest absolute Gasteiger partial charge is 0.480 e. The Kier molecular flexibility index (Phi) is 5.39. The Morgan fingerprint density at radius 2 is 2.00 bits per heavy atom. The van der Waals surface area contributed by atoms with Crippen molar-refractivity contribution in [1.29, 1.82) is 0 Å². The number of carbonyl (C=O) groups excluding carboxylic acids is 1. The molecule has 110 valence electrons. The minimum absolute atomic E-state index is 0.0601. The minimum atomic E-state index is -3.03. The zero-order chi connectivity index (χ0) is 15.3. The van der Waals surface area contributed by atoms with Crippen molar-refractivity contribution in [3.8, 4) is 5.75 Å². The standard InChI is InChI=1S/C12H13F2NO5/c1-6(16)9(11(18)19)15-10(17)7-3-2-4-8(5-7)20-12(13)14/h2-6,9,12,16H,1H3,(H,15,17)(H,18,19). The van der Waals surface area contributed by atoms with E-state index in [4.69, 9.17) is 5.11 Å². The summed E-state index contributed by atoms with van der Waals surface area (Å²) in [5, 5.41) is 20.1. The molecule has 0 saturated carbocycles. The van der Waals surface area contributed by atoms with Gasteiger partial charge in [-0.2, -0.15) is 8.78 Å². The number of carboxylic acids is 1. The van der Waals surface area contributed by atoms with Crippen LogP contribution in [0.3, 0.4) is 0 Å². The van der Waals surface area contributed by atoms with Gasteiger partial charge in [0.15, 0.2) is 6.04 Å². The molecule has 0 radical (unpaired) electrons.